The number of primary sulfonamides is 1. The predicted molar refractivity (Wildman–Crippen MR) is 75.2 cm³/mol. The SMILES string of the molecule is Cc1cc(Cl)cc(C)c1OCCOCCS(N)(=O)=O. The van der Waals surface area contributed by atoms with E-state index < -0.39 is 10.0 Å². The van der Waals surface area contributed by atoms with E-state index in [1.165, 1.54) is 0 Å². The summed E-state index contributed by atoms with van der Waals surface area (Å²) in [5.74, 6) is 0.589. The molecule has 1 aromatic carbocycles. The quantitative estimate of drug-likeness (QED) is 0.777. The lowest BCUT2D eigenvalue weighted by Gasteiger charge is -2.12. The van der Waals surface area contributed by atoms with Crippen LogP contribution in [0.25, 0.3) is 0 Å². The van der Waals surface area contributed by atoms with Gasteiger partial charge in [0.1, 0.15) is 12.4 Å². The van der Waals surface area contributed by atoms with Crippen LogP contribution in [0.15, 0.2) is 12.1 Å². The summed E-state index contributed by atoms with van der Waals surface area (Å²) in [5.41, 5.74) is 1.91. The van der Waals surface area contributed by atoms with E-state index in [0.29, 0.717) is 18.2 Å². The Labute approximate surface area is 118 Å². The first-order chi connectivity index (χ1) is 8.79. The van der Waals surface area contributed by atoms with E-state index in [4.69, 9.17) is 26.2 Å². The van der Waals surface area contributed by atoms with Crippen LogP contribution in [-0.4, -0.2) is 34.0 Å². The van der Waals surface area contributed by atoms with Gasteiger partial charge in [-0.2, -0.15) is 0 Å². The predicted octanol–water partition coefficient (Wildman–Crippen LogP) is 1.64. The summed E-state index contributed by atoms with van der Waals surface area (Å²) in [4.78, 5) is 0. The Hall–Kier alpha value is -0.820. The van der Waals surface area contributed by atoms with Crippen molar-refractivity contribution in [3.8, 4) is 5.75 Å². The van der Waals surface area contributed by atoms with Gasteiger partial charge in [-0.1, -0.05) is 11.6 Å². The van der Waals surface area contributed by atoms with Gasteiger partial charge in [-0.15, -0.1) is 0 Å². The highest BCUT2D eigenvalue weighted by Gasteiger charge is 2.06. The summed E-state index contributed by atoms with van der Waals surface area (Å²) < 4.78 is 32.0. The first-order valence-corrected chi connectivity index (χ1v) is 7.86. The number of ether oxygens (including phenoxy) is 2. The molecule has 0 fully saturated rings. The van der Waals surface area contributed by atoms with Crippen molar-refractivity contribution in [2.75, 3.05) is 25.6 Å². The lowest BCUT2D eigenvalue weighted by molar-refractivity contribution is 0.111. The van der Waals surface area contributed by atoms with Gasteiger partial charge < -0.3 is 9.47 Å². The summed E-state index contributed by atoms with van der Waals surface area (Å²) in [5, 5.41) is 5.52. The topological polar surface area (TPSA) is 78.6 Å². The second kappa shape index (κ2) is 7.09. The molecule has 0 aromatic heterocycles. The van der Waals surface area contributed by atoms with Crippen LogP contribution in [0.2, 0.25) is 5.02 Å². The molecule has 0 aliphatic heterocycles. The third kappa shape index (κ3) is 6.24. The van der Waals surface area contributed by atoms with Crippen LogP contribution in [-0.2, 0) is 14.8 Å². The number of nitrogens with two attached hydrogens (primary N) is 1. The van der Waals surface area contributed by atoms with Crippen LogP contribution >= 0.6 is 11.6 Å². The van der Waals surface area contributed by atoms with Crippen LogP contribution in [0.4, 0.5) is 0 Å². The van der Waals surface area contributed by atoms with Gasteiger partial charge in [0.15, 0.2) is 0 Å². The Kier molecular flexibility index (Phi) is 6.06. The second-order valence-electron chi connectivity index (χ2n) is 4.20. The molecule has 108 valence electrons. The minimum Gasteiger partial charge on any atom is -0.491 e. The molecule has 7 heteroatoms. The molecule has 0 heterocycles. The van der Waals surface area contributed by atoms with E-state index in [9.17, 15) is 8.42 Å². The molecule has 0 radical (unpaired) electrons. The molecule has 19 heavy (non-hydrogen) atoms. The van der Waals surface area contributed by atoms with E-state index >= 15 is 0 Å². The molecule has 0 amide bonds. The average molecular weight is 308 g/mol. The summed E-state index contributed by atoms with van der Waals surface area (Å²) in [6.07, 6.45) is 0. The fourth-order valence-electron chi connectivity index (χ4n) is 1.60. The maximum absolute atomic E-state index is 10.7. The summed E-state index contributed by atoms with van der Waals surface area (Å²) in [6, 6.07) is 3.65. The zero-order valence-electron chi connectivity index (χ0n) is 11.0. The molecule has 0 saturated heterocycles. The normalized spacial score (nSPS) is 11.6. The summed E-state index contributed by atoms with van der Waals surface area (Å²) in [6.45, 7) is 4.54. The van der Waals surface area contributed by atoms with Crippen molar-refractivity contribution in [1.82, 2.24) is 0 Å². The average Bonchev–Trinajstić information content (AvgIpc) is 2.24. The fraction of sp³-hybridized carbons (Fsp3) is 0.500. The third-order valence-electron chi connectivity index (χ3n) is 2.41. The van der Waals surface area contributed by atoms with Gasteiger partial charge >= 0.3 is 0 Å². The van der Waals surface area contributed by atoms with Crippen molar-refractivity contribution < 1.29 is 17.9 Å². The smallest absolute Gasteiger partial charge is 0.211 e. The number of aryl methyl sites for hydroxylation is 2. The van der Waals surface area contributed by atoms with Crippen LogP contribution in [0.3, 0.4) is 0 Å². The molecule has 0 aliphatic rings. The van der Waals surface area contributed by atoms with E-state index in [1.807, 2.05) is 26.0 Å². The van der Waals surface area contributed by atoms with Crippen LogP contribution in [0.1, 0.15) is 11.1 Å². The third-order valence-corrected chi connectivity index (χ3v) is 3.37. The zero-order valence-corrected chi connectivity index (χ0v) is 12.6. The molecule has 0 aliphatic carbocycles. The van der Waals surface area contributed by atoms with Crippen molar-refractivity contribution >= 4 is 21.6 Å². The number of benzene rings is 1. The van der Waals surface area contributed by atoms with Gasteiger partial charge in [0.05, 0.1) is 19.0 Å². The summed E-state index contributed by atoms with van der Waals surface area (Å²) >= 11 is 5.92. The lowest BCUT2D eigenvalue weighted by Crippen LogP contribution is -2.21. The van der Waals surface area contributed by atoms with E-state index in [-0.39, 0.29) is 12.4 Å². The molecule has 0 spiro atoms. The second-order valence-corrected chi connectivity index (χ2v) is 6.37. The Balaban J connectivity index is 2.34. The molecular formula is C12H18ClNO4S. The van der Waals surface area contributed by atoms with Gasteiger partial charge in [-0.05, 0) is 37.1 Å². The van der Waals surface area contributed by atoms with Crippen molar-refractivity contribution in [3.63, 3.8) is 0 Å². The van der Waals surface area contributed by atoms with Gasteiger partial charge in [0.25, 0.3) is 0 Å². The van der Waals surface area contributed by atoms with Crippen LogP contribution < -0.4 is 9.88 Å². The van der Waals surface area contributed by atoms with Crippen LogP contribution in [0, 0.1) is 13.8 Å². The maximum Gasteiger partial charge on any atom is 0.211 e. The minimum absolute atomic E-state index is 0.0702. The van der Waals surface area contributed by atoms with Crippen LogP contribution in [0.5, 0.6) is 5.75 Å². The van der Waals surface area contributed by atoms with E-state index in [2.05, 4.69) is 0 Å². The Morgan fingerprint density at radius 1 is 1.16 bits per heavy atom. The molecule has 0 bridgehead atoms. The number of hydrogen-bond acceptors (Lipinski definition) is 4. The monoisotopic (exact) mass is 307 g/mol. The van der Waals surface area contributed by atoms with Crippen molar-refractivity contribution in [3.05, 3.63) is 28.3 Å². The van der Waals surface area contributed by atoms with Gasteiger partial charge in [-0.25, -0.2) is 13.6 Å². The first kappa shape index (κ1) is 16.2. The highest BCUT2D eigenvalue weighted by molar-refractivity contribution is 7.89. The fourth-order valence-corrected chi connectivity index (χ4v) is 2.28. The molecule has 2 N–H and O–H groups in total. The lowest BCUT2D eigenvalue weighted by atomic mass is 10.1. The van der Waals surface area contributed by atoms with Crippen molar-refractivity contribution in [2.45, 2.75) is 13.8 Å². The van der Waals surface area contributed by atoms with E-state index in [1.54, 1.807) is 0 Å². The number of hydrogen-bond donors (Lipinski definition) is 1. The van der Waals surface area contributed by atoms with Crippen molar-refractivity contribution in [1.29, 1.82) is 0 Å². The molecule has 5 nitrogen and oxygen atoms in total. The minimum atomic E-state index is -3.46. The Bertz CT molecular complexity index is 508. The molecule has 1 aromatic rings. The number of sulfonamides is 1. The summed E-state index contributed by atoms with van der Waals surface area (Å²) in [7, 11) is -3.46. The Morgan fingerprint density at radius 3 is 2.26 bits per heavy atom. The number of halogens is 1. The molecule has 0 saturated carbocycles. The first-order valence-electron chi connectivity index (χ1n) is 5.77. The molecule has 0 unspecified atom stereocenters. The highest BCUT2D eigenvalue weighted by atomic mass is 35.5. The number of rotatable bonds is 7. The van der Waals surface area contributed by atoms with Crippen molar-refractivity contribution in [2.24, 2.45) is 5.14 Å². The van der Waals surface area contributed by atoms with E-state index in [0.717, 1.165) is 16.9 Å². The Morgan fingerprint density at radius 2 is 1.74 bits per heavy atom. The standard InChI is InChI=1S/C12H18ClNO4S/c1-9-7-11(13)8-10(2)12(9)18-4-3-17-5-6-19(14,15)16/h7-8H,3-6H2,1-2H3,(H2,14,15,16). The molecular weight excluding hydrogens is 290 g/mol. The molecule has 1 rings (SSSR count). The maximum atomic E-state index is 10.7. The largest absolute Gasteiger partial charge is 0.491 e. The van der Waals surface area contributed by atoms with Gasteiger partial charge in [0.2, 0.25) is 10.0 Å². The van der Waals surface area contributed by atoms with Gasteiger partial charge in [-0.3, -0.25) is 0 Å². The zero-order chi connectivity index (χ0) is 14.5. The van der Waals surface area contributed by atoms with Gasteiger partial charge in [0, 0.05) is 5.02 Å². The highest BCUT2D eigenvalue weighted by Crippen LogP contribution is 2.26. The molecule has 0 atom stereocenters.